The third-order valence-electron chi connectivity index (χ3n) is 2.89. The predicted octanol–water partition coefficient (Wildman–Crippen LogP) is 2.38. The standard InChI is InChI=1S/C13H12F2N2O3S2/c1-8(18)17(2)13-16-9(6-21-13)7-22(19,20)10-3-4-11(14)12(15)5-10/h3-6H,7H2,1-2H3. The number of thiazole rings is 1. The molecule has 0 atom stereocenters. The Morgan fingerprint density at radius 2 is 2.00 bits per heavy atom. The third kappa shape index (κ3) is 3.47. The first-order chi connectivity index (χ1) is 10.2. The van der Waals surface area contributed by atoms with E-state index in [-0.39, 0.29) is 16.5 Å². The first-order valence-corrected chi connectivity index (χ1v) is 8.60. The van der Waals surface area contributed by atoms with Crippen molar-refractivity contribution in [2.45, 2.75) is 17.6 Å². The molecule has 118 valence electrons. The van der Waals surface area contributed by atoms with Gasteiger partial charge in [0.2, 0.25) is 5.91 Å². The number of hydrogen-bond acceptors (Lipinski definition) is 5. The molecule has 0 radical (unpaired) electrons. The third-order valence-corrected chi connectivity index (χ3v) is 5.50. The van der Waals surface area contributed by atoms with Crippen LogP contribution in [0.4, 0.5) is 13.9 Å². The fraction of sp³-hybridized carbons (Fsp3) is 0.231. The highest BCUT2D eigenvalue weighted by Crippen LogP contribution is 2.23. The summed E-state index contributed by atoms with van der Waals surface area (Å²) in [6.45, 7) is 1.36. The molecule has 0 aliphatic carbocycles. The zero-order valence-corrected chi connectivity index (χ0v) is 13.3. The number of sulfone groups is 1. The van der Waals surface area contributed by atoms with Crippen molar-refractivity contribution in [3.05, 3.63) is 40.9 Å². The predicted molar refractivity (Wildman–Crippen MR) is 78.4 cm³/mol. The molecule has 9 heteroatoms. The maximum Gasteiger partial charge on any atom is 0.225 e. The highest BCUT2D eigenvalue weighted by atomic mass is 32.2. The lowest BCUT2D eigenvalue weighted by Gasteiger charge is -2.09. The van der Waals surface area contributed by atoms with Crippen LogP contribution in [0.1, 0.15) is 12.6 Å². The largest absolute Gasteiger partial charge is 0.292 e. The Bertz CT molecular complexity index is 818. The minimum atomic E-state index is -3.85. The molecule has 0 fully saturated rings. The first-order valence-electron chi connectivity index (χ1n) is 6.07. The molecule has 1 amide bonds. The Kier molecular flexibility index (Phi) is 4.57. The molecule has 0 aliphatic heterocycles. The molecule has 2 rings (SSSR count). The molecule has 0 aliphatic rings. The van der Waals surface area contributed by atoms with Crippen LogP contribution in [0, 0.1) is 11.6 Å². The van der Waals surface area contributed by atoms with Crippen LogP contribution in [0.25, 0.3) is 0 Å². The summed E-state index contributed by atoms with van der Waals surface area (Å²) in [4.78, 5) is 16.3. The minimum absolute atomic E-state index is 0.232. The number of hydrogen-bond donors (Lipinski definition) is 0. The minimum Gasteiger partial charge on any atom is -0.292 e. The Balaban J connectivity index is 2.25. The van der Waals surface area contributed by atoms with Gasteiger partial charge in [-0.2, -0.15) is 0 Å². The second kappa shape index (κ2) is 6.09. The smallest absolute Gasteiger partial charge is 0.225 e. The van der Waals surface area contributed by atoms with E-state index in [0.29, 0.717) is 11.2 Å². The normalized spacial score (nSPS) is 11.5. The highest BCUT2D eigenvalue weighted by molar-refractivity contribution is 7.90. The summed E-state index contributed by atoms with van der Waals surface area (Å²) in [6.07, 6.45) is 0. The average molecular weight is 346 g/mol. The summed E-state index contributed by atoms with van der Waals surface area (Å²) < 4.78 is 50.4. The number of benzene rings is 1. The van der Waals surface area contributed by atoms with E-state index in [2.05, 4.69) is 4.98 Å². The van der Waals surface area contributed by atoms with Gasteiger partial charge >= 0.3 is 0 Å². The molecule has 0 saturated carbocycles. The van der Waals surface area contributed by atoms with Crippen molar-refractivity contribution in [1.29, 1.82) is 0 Å². The van der Waals surface area contributed by atoms with Crippen LogP contribution in [0.5, 0.6) is 0 Å². The van der Waals surface area contributed by atoms with Crippen molar-refractivity contribution in [2.24, 2.45) is 0 Å². The van der Waals surface area contributed by atoms with Gasteiger partial charge in [0.1, 0.15) is 0 Å². The van der Waals surface area contributed by atoms with Gasteiger partial charge in [-0.3, -0.25) is 9.69 Å². The summed E-state index contributed by atoms with van der Waals surface area (Å²) in [6, 6.07) is 2.40. The maximum atomic E-state index is 13.1. The van der Waals surface area contributed by atoms with Gasteiger partial charge in [0, 0.05) is 19.4 Å². The second-order valence-corrected chi connectivity index (χ2v) is 7.36. The van der Waals surface area contributed by atoms with Crippen LogP contribution < -0.4 is 4.90 Å². The van der Waals surface area contributed by atoms with Crippen molar-refractivity contribution in [3.8, 4) is 0 Å². The fourth-order valence-corrected chi connectivity index (χ4v) is 3.80. The van der Waals surface area contributed by atoms with Crippen LogP contribution >= 0.6 is 11.3 Å². The highest BCUT2D eigenvalue weighted by Gasteiger charge is 2.20. The van der Waals surface area contributed by atoms with Crippen molar-refractivity contribution in [2.75, 3.05) is 11.9 Å². The second-order valence-electron chi connectivity index (χ2n) is 4.53. The number of nitrogens with zero attached hydrogens (tertiary/aromatic N) is 2. The quantitative estimate of drug-likeness (QED) is 0.797. The Hall–Kier alpha value is -1.87. The van der Waals surface area contributed by atoms with Gasteiger partial charge in [-0.15, -0.1) is 11.3 Å². The van der Waals surface area contributed by atoms with Crippen LogP contribution in [0.3, 0.4) is 0 Å². The summed E-state index contributed by atoms with van der Waals surface area (Å²) in [5, 5.41) is 1.87. The molecule has 2 aromatic rings. The van der Waals surface area contributed by atoms with Gasteiger partial charge in [-0.05, 0) is 18.2 Å². The topological polar surface area (TPSA) is 67.3 Å². The van der Waals surface area contributed by atoms with Crippen molar-refractivity contribution in [3.63, 3.8) is 0 Å². The van der Waals surface area contributed by atoms with Gasteiger partial charge in [-0.1, -0.05) is 0 Å². The van der Waals surface area contributed by atoms with E-state index in [1.165, 1.54) is 24.3 Å². The lowest BCUT2D eigenvalue weighted by molar-refractivity contribution is -0.116. The SMILES string of the molecule is CC(=O)N(C)c1nc(CS(=O)(=O)c2ccc(F)c(F)c2)cs1. The number of carbonyl (C=O) groups excluding carboxylic acids is 1. The lowest BCUT2D eigenvalue weighted by atomic mass is 10.3. The monoisotopic (exact) mass is 346 g/mol. The molecular formula is C13H12F2N2O3S2. The summed E-state index contributed by atoms with van der Waals surface area (Å²) in [5.74, 6) is -3.03. The zero-order valence-electron chi connectivity index (χ0n) is 11.7. The molecular weight excluding hydrogens is 334 g/mol. The van der Waals surface area contributed by atoms with Crippen molar-refractivity contribution >= 4 is 32.2 Å². The maximum absolute atomic E-state index is 13.1. The van der Waals surface area contributed by atoms with E-state index in [1.54, 1.807) is 0 Å². The van der Waals surface area contributed by atoms with E-state index in [1.807, 2.05) is 0 Å². The number of aromatic nitrogens is 1. The first kappa shape index (κ1) is 16.5. The van der Waals surface area contributed by atoms with Crippen LogP contribution in [0.2, 0.25) is 0 Å². The summed E-state index contributed by atoms with van der Waals surface area (Å²) in [7, 11) is -2.33. The molecule has 1 aromatic heterocycles. The molecule has 5 nitrogen and oxygen atoms in total. The van der Waals surface area contributed by atoms with Gasteiger partial charge in [0.25, 0.3) is 0 Å². The van der Waals surface area contributed by atoms with Crippen LogP contribution in [0.15, 0.2) is 28.5 Å². The van der Waals surface area contributed by atoms with Crippen molar-refractivity contribution < 1.29 is 22.0 Å². The van der Waals surface area contributed by atoms with E-state index in [9.17, 15) is 22.0 Å². The van der Waals surface area contributed by atoms with E-state index < -0.39 is 27.2 Å². The van der Waals surface area contributed by atoms with Gasteiger partial charge in [-0.25, -0.2) is 22.2 Å². The van der Waals surface area contributed by atoms with Gasteiger partial charge in [0.15, 0.2) is 26.6 Å². The van der Waals surface area contributed by atoms with Crippen molar-refractivity contribution in [1.82, 2.24) is 4.98 Å². The number of carbonyl (C=O) groups is 1. The van der Waals surface area contributed by atoms with Gasteiger partial charge in [0.05, 0.1) is 16.3 Å². The zero-order chi connectivity index (χ0) is 16.5. The Morgan fingerprint density at radius 1 is 1.32 bits per heavy atom. The lowest BCUT2D eigenvalue weighted by Crippen LogP contribution is -2.22. The molecule has 0 bridgehead atoms. The summed E-state index contributed by atoms with van der Waals surface area (Å²) >= 11 is 1.12. The molecule has 0 spiro atoms. The molecule has 0 unspecified atom stereocenters. The molecule has 1 heterocycles. The van der Waals surface area contributed by atoms with E-state index in [0.717, 1.165) is 23.5 Å². The van der Waals surface area contributed by atoms with Gasteiger partial charge < -0.3 is 0 Å². The molecule has 1 aromatic carbocycles. The number of rotatable bonds is 4. The summed E-state index contributed by atoms with van der Waals surface area (Å²) in [5.41, 5.74) is 0.234. The average Bonchev–Trinajstić information content (AvgIpc) is 2.88. The molecule has 0 N–H and O–H groups in total. The van der Waals surface area contributed by atoms with Crippen LogP contribution in [-0.4, -0.2) is 26.4 Å². The number of anilines is 1. The molecule has 22 heavy (non-hydrogen) atoms. The fourth-order valence-electron chi connectivity index (χ4n) is 1.60. The Morgan fingerprint density at radius 3 is 2.59 bits per heavy atom. The Labute approximate surface area is 130 Å². The molecule has 0 saturated heterocycles. The van der Waals surface area contributed by atoms with E-state index in [4.69, 9.17) is 0 Å². The number of halogens is 2. The number of amides is 1. The van der Waals surface area contributed by atoms with E-state index >= 15 is 0 Å². The van der Waals surface area contributed by atoms with Crippen LogP contribution in [-0.2, 0) is 20.4 Å².